The van der Waals surface area contributed by atoms with Crippen LogP contribution in [-0.4, -0.2) is 20.3 Å². The lowest BCUT2D eigenvalue weighted by Crippen LogP contribution is -1.98. The molecule has 0 saturated heterocycles. The summed E-state index contributed by atoms with van der Waals surface area (Å²) in [5.74, 6) is 0. The van der Waals surface area contributed by atoms with E-state index in [0.717, 1.165) is 23.1 Å². The number of rotatable bonds is 4. The van der Waals surface area contributed by atoms with Crippen molar-refractivity contribution in [3.63, 3.8) is 0 Å². The predicted octanol–water partition coefficient (Wildman–Crippen LogP) is 3.07. The van der Waals surface area contributed by atoms with E-state index < -0.39 is 0 Å². The van der Waals surface area contributed by atoms with Crippen LogP contribution in [0.15, 0.2) is 42.6 Å². The van der Waals surface area contributed by atoms with Crippen LogP contribution < -0.4 is 0 Å². The number of hydrogen-bond donors (Lipinski definition) is 0. The van der Waals surface area contributed by atoms with Crippen molar-refractivity contribution < 1.29 is 0 Å². The Kier molecular flexibility index (Phi) is 3.88. The highest BCUT2D eigenvalue weighted by Crippen LogP contribution is 2.10. The molecule has 0 amide bonds. The lowest BCUT2D eigenvalue weighted by Gasteiger charge is -2.01. The molecule has 0 radical (unpaired) electrons. The van der Waals surface area contributed by atoms with Crippen molar-refractivity contribution in [2.45, 2.75) is 6.42 Å². The fourth-order valence-electron chi connectivity index (χ4n) is 1.39. The molecule has 1 aromatic heterocycles. The zero-order valence-electron chi connectivity index (χ0n) is 8.75. The highest BCUT2D eigenvalue weighted by atomic mass is 79.9. The summed E-state index contributed by atoms with van der Waals surface area (Å²) in [5, 5.41) is 8.96. The molecule has 16 heavy (non-hydrogen) atoms. The van der Waals surface area contributed by atoms with E-state index in [1.165, 1.54) is 0 Å². The molecule has 4 heteroatoms. The van der Waals surface area contributed by atoms with Crippen LogP contribution in [0.1, 0.15) is 12.1 Å². The Morgan fingerprint density at radius 2 is 2.06 bits per heavy atom. The van der Waals surface area contributed by atoms with Gasteiger partial charge in [0.05, 0.1) is 17.6 Å². The Hall–Kier alpha value is -1.42. The summed E-state index contributed by atoms with van der Waals surface area (Å²) in [6.45, 7) is 0. The normalized spacial score (nSPS) is 11.1. The lowest BCUT2D eigenvalue weighted by atomic mass is 10.3. The second-order valence-corrected chi connectivity index (χ2v) is 4.08. The summed E-state index contributed by atoms with van der Waals surface area (Å²) in [6.07, 6.45) is 6.90. The van der Waals surface area contributed by atoms with Crippen molar-refractivity contribution in [2.75, 3.05) is 5.33 Å². The van der Waals surface area contributed by atoms with Gasteiger partial charge < -0.3 is 0 Å². The maximum absolute atomic E-state index is 4.07. The number of aromatic nitrogens is 3. The van der Waals surface area contributed by atoms with Crippen molar-refractivity contribution >= 4 is 22.0 Å². The first-order valence-electron chi connectivity index (χ1n) is 5.10. The van der Waals surface area contributed by atoms with Gasteiger partial charge in [0.15, 0.2) is 0 Å². The molecular weight excluding hydrogens is 266 g/mol. The van der Waals surface area contributed by atoms with Gasteiger partial charge in [-0.2, -0.15) is 0 Å². The van der Waals surface area contributed by atoms with Gasteiger partial charge in [0.2, 0.25) is 0 Å². The van der Waals surface area contributed by atoms with Crippen LogP contribution in [0.25, 0.3) is 11.8 Å². The Morgan fingerprint density at radius 3 is 2.81 bits per heavy atom. The van der Waals surface area contributed by atoms with E-state index in [2.05, 4.69) is 32.3 Å². The van der Waals surface area contributed by atoms with Crippen molar-refractivity contribution in [1.82, 2.24) is 15.0 Å². The van der Waals surface area contributed by atoms with Crippen LogP contribution in [-0.2, 0) is 0 Å². The molecule has 2 aromatic rings. The molecule has 0 atom stereocenters. The first-order chi connectivity index (χ1) is 7.92. The summed E-state index contributed by atoms with van der Waals surface area (Å²) in [4.78, 5) is 0. The van der Waals surface area contributed by atoms with Crippen LogP contribution in [0, 0.1) is 0 Å². The third kappa shape index (κ3) is 2.58. The van der Waals surface area contributed by atoms with Crippen molar-refractivity contribution in [1.29, 1.82) is 0 Å². The molecule has 0 unspecified atom stereocenters. The Balaban J connectivity index is 2.26. The van der Waals surface area contributed by atoms with E-state index in [-0.39, 0.29) is 0 Å². The van der Waals surface area contributed by atoms with Gasteiger partial charge in [-0.25, -0.2) is 4.68 Å². The quantitative estimate of drug-likeness (QED) is 0.805. The molecule has 3 nitrogen and oxygen atoms in total. The van der Waals surface area contributed by atoms with E-state index in [1.54, 1.807) is 6.20 Å². The van der Waals surface area contributed by atoms with Crippen molar-refractivity contribution in [2.24, 2.45) is 0 Å². The van der Waals surface area contributed by atoms with Gasteiger partial charge in [0.1, 0.15) is 0 Å². The van der Waals surface area contributed by atoms with Crippen LogP contribution in [0.2, 0.25) is 0 Å². The third-order valence-electron chi connectivity index (χ3n) is 2.14. The fourth-order valence-corrected chi connectivity index (χ4v) is 1.66. The first kappa shape index (κ1) is 11.1. The topological polar surface area (TPSA) is 30.7 Å². The number of para-hydroxylation sites is 1. The second kappa shape index (κ2) is 5.61. The molecule has 82 valence electrons. The summed E-state index contributed by atoms with van der Waals surface area (Å²) in [7, 11) is 0. The molecule has 1 aromatic carbocycles. The van der Waals surface area contributed by atoms with Gasteiger partial charge in [0, 0.05) is 5.33 Å². The molecule has 0 aliphatic rings. The molecule has 0 aliphatic heterocycles. The molecule has 0 aliphatic carbocycles. The van der Waals surface area contributed by atoms with Crippen LogP contribution in [0.4, 0.5) is 0 Å². The van der Waals surface area contributed by atoms with Crippen molar-refractivity contribution in [3.05, 3.63) is 48.3 Å². The molecule has 2 rings (SSSR count). The molecule has 0 bridgehead atoms. The van der Waals surface area contributed by atoms with Gasteiger partial charge >= 0.3 is 0 Å². The summed E-state index contributed by atoms with van der Waals surface area (Å²) >= 11 is 3.39. The molecular formula is C12H12BrN3. The summed E-state index contributed by atoms with van der Waals surface area (Å²) in [6, 6.07) is 9.99. The Bertz CT molecular complexity index is 462. The van der Waals surface area contributed by atoms with E-state index in [0.29, 0.717) is 0 Å². The van der Waals surface area contributed by atoms with Gasteiger partial charge in [0.25, 0.3) is 0 Å². The van der Waals surface area contributed by atoms with Gasteiger partial charge in [-0.3, -0.25) is 0 Å². The van der Waals surface area contributed by atoms with E-state index >= 15 is 0 Å². The molecule has 0 N–H and O–H groups in total. The standard InChI is InChI=1S/C12H12BrN3/c13-9-5-4-8-12-10-14-15-16(12)11-6-2-1-3-7-11/h1-4,6-8,10H,5,9H2/b8-4+. The van der Waals surface area contributed by atoms with Crippen LogP contribution in [0.5, 0.6) is 0 Å². The van der Waals surface area contributed by atoms with Gasteiger partial charge in [-0.15, -0.1) is 5.10 Å². The van der Waals surface area contributed by atoms with E-state index in [9.17, 15) is 0 Å². The molecule has 0 fully saturated rings. The maximum Gasteiger partial charge on any atom is 0.0868 e. The smallest absolute Gasteiger partial charge is 0.0868 e. The molecule has 1 heterocycles. The minimum absolute atomic E-state index is 0.969. The highest BCUT2D eigenvalue weighted by Gasteiger charge is 2.01. The third-order valence-corrected chi connectivity index (χ3v) is 2.60. The Morgan fingerprint density at radius 1 is 1.25 bits per heavy atom. The number of hydrogen-bond acceptors (Lipinski definition) is 2. The van der Waals surface area contributed by atoms with Crippen molar-refractivity contribution in [3.8, 4) is 5.69 Å². The first-order valence-corrected chi connectivity index (χ1v) is 6.22. The highest BCUT2D eigenvalue weighted by molar-refractivity contribution is 9.09. The zero-order chi connectivity index (χ0) is 11.2. The number of alkyl halides is 1. The zero-order valence-corrected chi connectivity index (χ0v) is 10.3. The summed E-state index contributed by atoms with van der Waals surface area (Å²) in [5.41, 5.74) is 2.02. The number of benzene rings is 1. The number of allylic oxidation sites excluding steroid dienone is 1. The second-order valence-electron chi connectivity index (χ2n) is 3.29. The van der Waals surface area contributed by atoms with Gasteiger partial charge in [-0.05, 0) is 24.6 Å². The maximum atomic E-state index is 4.07. The average molecular weight is 278 g/mol. The van der Waals surface area contributed by atoms with Crippen LogP contribution in [0.3, 0.4) is 0 Å². The largest absolute Gasteiger partial charge is 0.214 e. The predicted molar refractivity (Wildman–Crippen MR) is 68.8 cm³/mol. The number of nitrogens with zero attached hydrogens (tertiary/aromatic N) is 3. The van der Waals surface area contributed by atoms with E-state index in [4.69, 9.17) is 0 Å². The SMILES string of the molecule is BrCC/C=C/c1cnnn1-c1ccccc1. The molecule has 0 spiro atoms. The molecule has 0 saturated carbocycles. The minimum atomic E-state index is 0.969. The van der Waals surface area contributed by atoms with Crippen LogP contribution >= 0.6 is 15.9 Å². The Labute approximate surface area is 103 Å². The fraction of sp³-hybridized carbons (Fsp3) is 0.167. The monoisotopic (exact) mass is 277 g/mol. The van der Waals surface area contributed by atoms with E-state index in [1.807, 2.05) is 41.1 Å². The summed E-state index contributed by atoms with van der Waals surface area (Å²) < 4.78 is 1.82. The lowest BCUT2D eigenvalue weighted by molar-refractivity contribution is 0.798. The number of halogens is 1. The van der Waals surface area contributed by atoms with Gasteiger partial charge in [-0.1, -0.05) is 45.4 Å². The minimum Gasteiger partial charge on any atom is -0.214 e. The average Bonchev–Trinajstić information content (AvgIpc) is 2.79.